The second-order valence-corrected chi connectivity index (χ2v) is 8.52. The molecule has 0 aromatic heterocycles. The number of carbonyl (C=O) groups is 2. The summed E-state index contributed by atoms with van der Waals surface area (Å²) in [4.78, 5) is 24.4. The number of hydrogen-bond acceptors (Lipinski definition) is 4. The highest BCUT2D eigenvalue weighted by Crippen LogP contribution is 2.16. The zero-order chi connectivity index (χ0) is 20.1. The standard InChI is InChI=1S/C21H20N2O4S/c22-20(24)19(12-13-28(26,27)18-8-2-1-3-9-18)23-21(25)17-11-10-15-6-4-5-7-16(15)14-17/h1-11,14,19H,12-13H2,(H2,22,24)(H,23,25)/t19-/m0/s1. The minimum Gasteiger partial charge on any atom is -0.368 e. The molecule has 3 N–H and O–H groups in total. The first-order valence-electron chi connectivity index (χ1n) is 8.73. The Morgan fingerprint density at radius 2 is 1.54 bits per heavy atom. The lowest BCUT2D eigenvalue weighted by Gasteiger charge is -2.16. The molecule has 1 atom stereocenters. The minimum atomic E-state index is -3.58. The average Bonchev–Trinajstić information content (AvgIpc) is 2.71. The summed E-state index contributed by atoms with van der Waals surface area (Å²) in [6, 6.07) is 19.6. The lowest BCUT2D eigenvalue weighted by molar-refractivity contribution is -0.119. The first kappa shape index (κ1) is 19.6. The molecule has 0 saturated carbocycles. The van der Waals surface area contributed by atoms with E-state index in [0.717, 1.165) is 10.8 Å². The third-order valence-electron chi connectivity index (χ3n) is 4.44. The van der Waals surface area contributed by atoms with Crippen molar-refractivity contribution in [3.8, 4) is 0 Å². The normalized spacial score (nSPS) is 12.4. The van der Waals surface area contributed by atoms with Gasteiger partial charge in [0.05, 0.1) is 10.6 Å². The van der Waals surface area contributed by atoms with Gasteiger partial charge in [-0.05, 0) is 41.5 Å². The highest BCUT2D eigenvalue weighted by molar-refractivity contribution is 7.91. The number of carbonyl (C=O) groups excluding carboxylic acids is 2. The van der Waals surface area contributed by atoms with Crippen molar-refractivity contribution in [2.75, 3.05) is 5.75 Å². The van der Waals surface area contributed by atoms with Crippen molar-refractivity contribution in [1.82, 2.24) is 5.32 Å². The third kappa shape index (κ3) is 4.55. The van der Waals surface area contributed by atoms with Gasteiger partial charge >= 0.3 is 0 Å². The first-order valence-corrected chi connectivity index (χ1v) is 10.4. The zero-order valence-corrected chi connectivity index (χ0v) is 15.9. The van der Waals surface area contributed by atoms with Crippen LogP contribution < -0.4 is 11.1 Å². The lowest BCUT2D eigenvalue weighted by atomic mass is 10.1. The van der Waals surface area contributed by atoms with Crippen LogP contribution in [0.4, 0.5) is 0 Å². The van der Waals surface area contributed by atoms with Crippen LogP contribution in [-0.2, 0) is 14.6 Å². The molecule has 0 bridgehead atoms. The Labute approximate surface area is 163 Å². The molecule has 7 heteroatoms. The minimum absolute atomic E-state index is 0.105. The Kier molecular flexibility index (Phi) is 5.75. The molecule has 2 amide bonds. The molecular formula is C21H20N2O4S. The molecule has 0 aliphatic rings. The summed E-state index contributed by atoms with van der Waals surface area (Å²) in [6.07, 6.45) is -0.105. The number of benzene rings is 3. The van der Waals surface area contributed by atoms with Gasteiger partial charge in [-0.3, -0.25) is 9.59 Å². The quantitative estimate of drug-likeness (QED) is 0.639. The van der Waals surface area contributed by atoms with Crippen LogP contribution in [0.25, 0.3) is 10.8 Å². The van der Waals surface area contributed by atoms with Gasteiger partial charge in [0.25, 0.3) is 5.91 Å². The predicted octanol–water partition coefficient (Wildman–Crippen LogP) is 2.29. The largest absolute Gasteiger partial charge is 0.368 e. The third-order valence-corrected chi connectivity index (χ3v) is 6.20. The lowest BCUT2D eigenvalue weighted by Crippen LogP contribution is -2.45. The second kappa shape index (κ2) is 8.22. The summed E-state index contributed by atoms with van der Waals surface area (Å²) in [7, 11) is -3.58. The molecule has 28 heavy (non-hydrogen) atoms. The van der Waals surface area contributed by atoms with Crippen LogP contribution in [0.5, 0.6) is 0 Å². The predicted molar refractivity (Wildman–Crippen MR) is 108 cm³/mol. The van der Waals surface area contributed by atoms with E-state index in [2.05, 4.69) is 5.32 Å². The van der Waals surface area contributed by atoms with E-state index in [1.54, 1.807) is 30.3 Å². The number of nitrogens with one attached hydrogen (secondary N) is 1. The number of fused-ring (bicyclic) bond motifs is 1. The Balaban J connectivity index is 1.71. The number of nitrogens with two attached hydrogens (primary N) is 1. The van der Waals surface area contributed by atoms with E-state index in [0.29, 0.717) is 5.56 Å². The molecule has 0 aliphatic carbocycles. The fourth-order valence-electron chi connectivity index (χ4n) is 2.88. The van der Waals surface area contributed by atoms with Crippen molar-refractivity contribution in [1.29, 1.82) is 0 Å². The van der Waals surface area contributed by atoms with Gasteiger partial charge in [0.2, 0.25) is 5.91 Å². The Morgan fingerprint density at radius 3 is 2.21 bits per heavy atom. The maximum absolute atomic E-state index is 12.5. The van der Waals surface area contributed by atoms with E-state index in [1.165, 1.54) is 12.1 Å². The molecule has 144 valence electrons. The maximum atomic E-state index is 12.5. The summed E-state index contributed by atoms with van der Waals surface area (Å²) in [5, 5.41) is 4.42. The summed E-state index contributed by atoms with van der Waals surface area (Å²) >= 11 is 0. The Hall–Kier alpha value is -3.19. The molecule has 0 unspecified atom stereocenters. The second-order valence-electron chi connectivity index (χ2n) is 6.41. The van der Waals surface area contributed by atoms with Crippen molar-refractivity contribution in [2.45, 2.75) is 17.4 Å². The van der Waals surface area contributed by atoms with E-state index in [1.807, 2.05) is 30.3 Å². The van der Waals surface area contributed by atoms with Gasteiger partial charge in [-0.25, -0.2) is 8.42 Å². The number of sulfone groups is 1. The number of amides is 2. The fraction of sp³-hybridized carbons (Fsp3) is 0.143. The molecule has 0 aliphatic heterocycles. The Morgan fingerprint density at radius 1 is 0.893 bits per heavy atom. The molecular weight excluding hydrogens is 376 g/mol. The van der Waals surface area contributed by atoms with Gasteiger partial charge in [0.15, 0.2) is 9.84 Å². The average molecular weight is 396 g/mol. The van der Waals surface area contributed by atoms with Crippen LogP contribution in [0.15, 0.2) is 77.7 Å². The smallest absolute Gasteiger partial charge is 0.251 e. The number of hydrogen-bond donors (Lipinski definition) is 2. The summed E-state index contributed by atoms with van der Waals surface area (Å²) in [5.74, 6) is -1.56. The SMILES string of the molecule is NC(=O)[C@H](CCS(=O)(=O)c1ccccc1)NC(=O)c1ccc2ccccc2c1. The topological polar surface area (TPSA) is 106 Å². The van der Waals surface area contributed by atoms with Gasteiger partial charge in [-0.1, -0.05) is 48.5 Å². The molecule has 6 nitrogen and oxygen atoms in total. The van der Waals surface area contributed by atoms with Gasteiger partial charge in [-0.15, -0.1) is 0 Å². The van der Waals surface area contributed by atoms with Gasteiger partial charge in [-0.2, -0.15) is 0 Å². The van der Waals surface area contributed by atoms with Crippen molar-refractivity contribution < 1.29 is 18.0 Å². The first-order chi connectivity index (χ1) is 13.4. The number of rotatable bonds is 7. The van der Waals surface area contributed by atoms with Crippen LogP contribution >= 0.6 is 0 Å². The molecule has 3 aromatic rings. The van der Waals surface area contributed by atoms with Crippen LogP contribution in [0.3, 0.4) is 0 Å². The molecule has 3 aromatic carbocycles. The monoisotopic (exact) mass is 396 g/mol. The molecule has 0 saturated heterocycles. The molecule has 0 heterocycles. The molecule has 3 rings (SSSR count). The van der Waals surface area contributed by atoms with Gasteiger partial charge < -0.3 is 11.1 Å². The van der Waals surface area contributed by atoms with E-state index in [-0.39, 0.29) is 17.1 Å². The highest BCUT2D eigenvalue weighted by atomic mass is 32.2. The van der Waals surface area contributed by atoms with Crippen molar-refractivity contribution in [3.05, 3.63) is 78.4 Å². The fourth-order valence-corrected chi connectivity index (χ4v) is 4.23. The molecule has 0 radical (unpaired) electrons. The number of primary amides is 1. The van der Waals surface area contributed by atoms with Gasteiger partial charge in [0, 0.05) is 5.56 Å². The van der Waals surface area contributed by atoms with Crippen LogP contribution in [0.2, 0.25) is 0 Å². The van der Waals surface area contributed by atoms with Crippen LogP contribution in [0.1, 0.15) is 16.8 Å². The summed E-state index contributed by atoms with van der Waals surface area (Å²) < 4.78 is 24.8. The zero-order valence-electron chi connectivity index (χ0n) is 15.0. The summed E-state index contributed by atoms with van der Waals surface area (Å²) in [5.41, 5.74) is 5.74. The molecule has 0 fully saturated rings. The maximum Gasteiger partial charge on any atom is 0.251 e. The Bertz CT molecular complexity index is 1110. The van der Waals surface area contributed by atoms with Crippen molar-refractivity contribution >= 4 is 32.4 Å². The summed E-state index contributed by atoms with van der Waals surface area (Å²) in [6.45, 7) is 0. The van der Waals surface area contributed by atoms with Crippen molar-refractivity contribution in [2.24, 2.45) is 5.73 Å². The van der Waals surface area contributed by atoms with E-state index < -0.39 is 27.7 Å². The highest BCUT2D eigenvalue weighted by Gasteiger charge is 2.23. The van der Waals surface area contributed by atoms with Crippen molar-refractivity contribution in [3.63, 3.8) is 0 Å². The van der Waals surface area contributed by atoms with E-state index in [9.17, 15) is 18.0 Å². The molecule has 0 spiro atoms. The van der Waals surface area contributed by atoms with Gasteiger partial charge in [0.1, 0.15) is 6.04 Å². The van der Waals surface area contributed by atoms with Crippen LogP contribution in [0, 0.1) is 0 Å². The van der Waals surface area contributed by atoms with E-state index in [4.69, 9.17) is 5.73 Å². The van der Waals surface area contributed by atoms with E-state index >= 15 is 0 Å². The van der Waals surface area contributed by atoms with Crippen LogP contribution in [-0.4, -0.2) is 32.0 Å².